The third-order valence-electron chi connectivity index (χ3n) is 3.24. The lowest BCUT2D eigenvalue weighted by molar-refractivity contribution is 0.568. The highest BCUT2D eigenvalue weighted by Gasteiger charge is 2.14. The SMILES string of the molecule is CCCn1c(-c2ccco2)nc2cc(CN)ccc21. The summed E-state index contributed by atoms with van der Waals surface area (Å²) in [4.78, 5) is 4.70. The molecule has 3 aromatic rings. The van der Waals surface area contributed by atoms with Crippen LogP contribution in [0.3, 0.4) is 0 Å². The number of imidazole rings is 1. The van der Waals surface area contributed by atoms with Gasteiger partial charge in [0.05, 0.1) is 17.3 Å². The van der Waals surface area contributed by atoms with Crippen LogP contribution in [-0.2, 0) is 13.1 Å². The minimum atomic E-state index is 0.534. The number of aryl methyl sites for hydroxylation is 1. The van der Waals surface area contributed by atoms with Crippen molar-refractivity contribution in [1.29, 1.82) is 0 Å². The summed E-state index contributed by atoms with van der Waals surface area (Å²) in [6, 6.07) is 10.0. The van der Waals surface area contributed by atoms with E-state index >= 15 is 0 Å². The van der Waals surface area contributed by atoms with Crippen molar-refractivity contribution < 1.29 is 4.42 Å². The first kappa shape index (κ1) is 12.0. The summed E-state index contributed by atoms with van der Waals surface area (Å²) in [7, 11) is 0. The van der Waals surface area contributed by atoms with E-state index in [9.17, 15) is 0 Å². The first-order chi connectivity index (χ1) is 9.33. The van der Waals surface area contributed by atoms with E-state index in [-0.39, 0.29) is 0 Å². The summed E-state index contributed by atoms with van der Waals surface area (Å²) in [6.07, 6.45) is 2.73. The maximum atomic E-state index is 5.69. The molecule has 2 aromatic heterocycles. The van der Waals surface area contributed by atoms with Gasteiger partial charge in [-0.1, -0.05) is 13.0 Å². The highest BCUT2D eigenvalue weighted by molar-refractivity contribution is 5.80. The van der Waals surface area contributed by atoms with Crippen molar-refractivity contribution in [1.82, 2.24) is 9.55 Å². The van der Waals surface area contributed by atoms with Gasteiger partial charge in [0.1, 0.15) is 0 Å². The molecule has 0 aliphatic heterocycles. The standard InChI is InChI=1S/C15H17N3O/c1-2-7-18-13-6-5-11(10-16)9-12(13)17-15(18)14-4-3-8-19-14/h3-6,8-9H,2,7,10,16H2,1H3. The van der Waals surface area contributed by atoms with Crippen LogP contribution in [-0.4, -0.2) is 9.55 Å². The van der Waals surface area contributed by atoms with E-state index in [4.69, 9.17) is 15.1 Å². The fraction of sp³-hybridized carbons (Fsp3) is 0.267. The van der Waals surface area contributed by atoms with Crippen LogP contribution in [0.15, 0.2) is 41.0 Å². The van der Waals surface area contributed by atoms with Gasteiger partial charge >= 0.3 is 0 Å². The number of hydrogen-bond donors (Lipinski definition) is 1. The van der Waals surface area contributed by atoms with Crippen LogP contribution >= 0.6 is 0 Å². The van der Waals surface area contributed by atoms with Crippen molar-refractivity contribution in [3.05, 3.63) is 42.2 Å². The van der Waals surface area contributed by atoms with Gasteiger partial charge in [0.25, 0.3) is 0 Å². The van der Waals surface area contributed by atoms with Gasteiger partial charge in [0.2, 0.25) is 0 Å². The van der Waals surface area contributed by atoms with Gasteiger partial charge in [0.15, 0.2) is 11.6 Å². The van der Waals surface area contributed by atoms with Crippen molar-refractivity contribution in [3.63, 3.8) is 0 Å². The average molecular weight is 255 g/mol. The average Bonchev–Trinajstić information content (AvgIpc) is 3.06. The van der Waals surface area contributed by atoms with Gasteiger partial charge in [-0.2, -0.15) is 0 Å². The second-order valence-electron chi connectivity index (χ2n) is 4.59. The zero-order valence-electron chi connectivity index (χ0n) is 11.0. The first-order valence-electron chi connectivity index (χ1n) is 6.56. The van der Waals surface area contributed by atoms with Crippen molar-refractivity contribution >= 4 is 11.0 Å². The van der Waals surface area contributed by atoms with Crippen molar-refractivity contribution in [3.8, 4) is 11.6 Å². The van der Waals surface area contributed by atoms with E-state index in [2.05, 4.69) is 23.6 Å². The molecule has 3 rings (SSSR count). The largest absolute Gasteiger partial charge is 0.461 e. The summed E-state index contributed by atoms with van der Waals surface area (Å²) in [6.45, 7) is 3.62. The predicted octanol–water partition coefficient (Wildman–Crippen LogP) is 3.17. The maximum absolute atomic E-state index is 5.69. The molecule has 2 heterocycles. The second-order valence-corrected chi connectivity index (χ2v) is 4.59. The van der Waals surface area contributed by atoms with Crippen molar-refractivity contribution in [2.75, 3.05) is 0 Å². The molecule has 0 saturated heterocycles. The Balaban J connectivity index is 2.22. The zero-order chi connectivity index (χ0) is 13.2. The number of hydrogen-bond acceptors (Lipinski definition) is 3. The Labute approximate surface area is 111 Å². The molecule has 4 heteroatoms. The van der Waals surface area contributed by atoms with E-state index in [0.29, 0.717) is 6.54 Å². The Morgan fingerprint density at radius 3 is 2.89 bits per heavy atom. The summed E-state index contributed by atoms with van der Waals surface area (Å²) >= 11 is 0. The van der Waals surface area contributed by atoms with Crippen LogP contribution in [0, 0.1) is 0 Å². The summed E-state index contributed by atoms with van der Waals surface area (Å²) in [5.74, 6) is 1.69. The smallest absolute Gasteiger partial charge is 0.177 e. The maximum Gasteiger partial charge on any atom is 0.177 e. The van der Waals surface area contributed by atoms with E-state index in [0.717, 1.165) is 41.1 Å². The minimum Gasteiger partial charge on any atom is -0.461 e. The van der Waals surface area contributed by atoms with Crippen LogP contribution in [0.1, 0.15) is 18.9 Å². The molecule has 0 bridgehead atoms. The summed E-state index contributed by atoms with van der Waals surface area (Å²) in [5, 5.41) is 0. The molecule has 1 aromatic carbocycles. The van der Waals surface area contributed by atoms with Gasteiger partial charge in [0, 0.05) is 13.1 Å². The molecule has 4 nitrogen and oxygen atoms in total. The molecule has 0 unspecified atom stereocenters. The normalized spacial score (nSPS) is 11.3. The first-order valence-corrected chi connectivity index (χ1v) is 6.56. The fourth-order valence-electron chi connectivity index (χ4n) is 2.35. The van der Waals surface area contributed by atoms with E-state index in [1.54, 1.807) is 6.26 Å². The minimum absolute atomic E-state index is 0.534. The Morgan fingerprint density at radius 2 is 2.21 bits per heavy atom. The Morgan fingerprint density at radius 1 is 1.32 bits per heavy atom. The molecule has 0 spiro atoms. The Hall–Kier alpha value is -2.07. The van der Waals surface area contributed by atoms with Crippen LogP contribution < -0.4 is 5.73 Å². The number of fused-ring (bicyclic) bond motifs is 1. The second kappa shape index (κ2) is 4.90. The molecule has 98 valence electrons. The number of benzene rings is 1. The molecular weight excluding hydrogens is 238 g/mol. The molecular formula is C15H17N3O. The molecule has 19 heavy (non-hydrogen) atoms. The van der Waals surface area contributed by atoms with Crippen LogP contribution in [0.25, 0.3) is 22.6 Å². The van der Waals surface area contributed by atoms with Crippen LogP contribution in [0.2, 0.25) is 0 Å². The van der Waals surface area contributed by atoms with E-state index < -0.39 is 0 Å². The number of nitrogens with two attached hydrogens (primary N) is 1. The van der Waals surface area contributed by atoms with Gasteiger partial charge < -0.3 is 14.7 Å². The summed E-state index contributed by atoms with van der Waals surface area (Å²) in [5.41, 5.74) is 8.89. The molecule has 0 fully saturated rings. The quantitative estimate of drug-likeness (QED) is 0.779. The van der Waals surface area contributed by atoms with Gasteiger partial charge in [-0.3, -0.25) is 0 Å². The van der Waals surface area contributed by atoms with Crippen molar-refractivity contribution in [2.45, 2.75) is 26.4 Å². The monoisotopic (exact) mass is 255 g/mol. The molecule has 0 aliphatic rings. The van der Waals surface area contributed by atoms with Gasteiger partial charge in [-0.15, -0.1) is 0 Å². The van der Waals surface area contributed by atoms with Crippen molar-refractivity contribution in [2.24, 2.45) is 5.73 Å². The lowest BCUT2D eigenvalue weighted by atomic mass is 10.2. The lowest BCUT2D eigenvalue weighted by Crippen LogP contribution is -1.99. The van der Waals surface area contributed by atoms with E-state index in [1.807, 2.05) is 18.2 Å². The highest BCUT2D eigenvalue weighted by Crippen LogP contribution is 2.26. The van der Waals surface area contributed by atoms with E-state index in [1.165, 1.54) is 0 Å². The third kappa shape index (κ3) is 2.04. The van der Waals surface area contributed by atoms with Gasteiger partial charge in [-0.05, 0) is 36.2 Å². The summed E-state index contributed by atoms with van der Waals surface area (Å²) < 4.78 is 7.69. The van der Waals surface area contributed by atoms with Crippen LogP contribution in [0.4, 0.5) is 0 Å². The number of nitrogens with zero attached hydrogens (tertiary/aromatic N) is 2. The molecule has 2 N–H and O–H groups in total. The predicted molar refractivity (Wildman–Crippen MR) is 75.6 cm³/mol. The number of furan rings is 1. The highest BCUT2D eigenvalue weighted by atomic mass is 16.3. The topological polar surface area (TPSA) is 57.0 Å². The Bertz CT molecular complexity index is 683. The Kier molecular flexibility index (Phi) is 3.09. The third-order valence-corrected chi connectivity index (χ3v) is 3.24. The molecule has 0 saturated carbocycles. The molecule has 0 aliphatic carbocycles. The van der Waals surface area contributed by atoms with Gasteiger partial charge in [-0.25, -0.2) is 4.98 Å². The zero-order valence-corrected chi connectivity index (χ0v) is 11.0. The van der Waals surface area contributed by atoms with Crippen LogP contribution in [0.5, 0.6) is 0 Å². The lowest BCUT2D eigenvalue weighted by Gasteiger charge is -2.05. The molecule has 0 amide bonds. The number of aromatic nitrogens is 2. The fourth-order valence-corrected chi connectivity index (χ4v) is 2.35. The molecule has 0 atom stereocenters. The molecule has 0 radical (unpaired) electrons. The number of rotatable bonds is 4.